The van der Waals surface area contributed by atoms with E-state index in [0.717, 1.165) is 14.2 Å². The maximum Gasteiger partial charge on any atom is 0.259 e. The first-order valence-electron chi connectivity index (χ1n) is 7.53. The van der Waals surface area contributed by atoms with Gasteiger partial charge in [0.15, 0.2) is 0 Å². The van der Waals surface area contributed by atoms with Crippen molar-refractivity contribution in [2.75, 3.05) is 12.8 Å². The third kappa shape index (κ3) is 5.07. The topological polar surface area (TPSA) is 78.4 Å². The first kappa shape index (κ1) is 20.0. The first-order chi connectivity index (χ1) is 11.9. The highest BCUT2D eigenvalue weighted by Gasteiger charge is 2.31. The van der Waals surface area contributed by atoms with E-state index in [1.165, 1.54) is 11.8 Å². The molecule has 1 aromatic heterocycles. The standard InChI is InChI=1S/C17H19BrN2O3S2/c1-17(24-2,16(22)20-23)9-10-19-15(21)12-5-3-11(4-6-12)13-7-8-14(18)25-13/h3-8,23H,9-10H2,1-2H3,(H,19,21)(H,20,22). The number of hydroxylamine groups is 1. The molecule has 0 saturated carbocycles. The van der Waals surface area contributed by atoms with Gasteiger partial charge in [0.1, 0.15) is 0 Å². The largest absolute Gasteiger partial charge is 0.352 e. The van der Waals surface area contributed by atoms with Gasteiger partial charge in [0.2, 0.25) is 0 Å². The summed E-state index contributed by atoms with van der Waals surface area (Å²) in [6.07, 6.45) is 2.20. The zero-order chi connectivity index (χ0) is 18.4. The maximum absolute atomic E-state index is 12.2. The summed E-state index contributed by atoms with van der Waals surface area (Å²) in [4.78, 5) is 25.1. The van der Waals surface area contributed by atoms with Crippen molar-refractivity contribution in [3.05, 3.63) is 45.7 Å². The van der Waals surface area contributed by atoms with E-state index in [-0.39, 0.29) is 5.91 Å². The molecular formula is C17H19BrN2O3S2. The monoisotopic (exact) mass is 442 g/mol. The summed E-state index contributed by atoms with van der Waals surface area (Å²) in [5.74, 6) is -0.660. The van der Waals surface area contributed by atoms with Crippen molar-refractivity contribution in [3.63, 3.8) is 0 Å². The number of hydrogen-bond acceptors (Lipinski definition) is 5. The molecule has 1 unspecified atom stereocenters. The molecule has 2 amide bonds. The fourth-order valence-corrected chi connectivity index (χ4v) is 4.13. The number of carbonyl (C=O) groups is 2. The molecule has 0 spiro atoms. The normalized spacial score (nSPS) is 13.1. The molecule has 2 aromatic rings. The molecular weight excluding hydrogens is 424 g/mol. The lowest BCUT2D eigenvalue weighted by molar-refractivity contribution is -0.131. The van der Waals surface area contributed by atoms with Gasteiger partial charge >= 0.3 is 0 Å². The average Bonchev–Trinajstić information content (AvgIpc) is 3.07. The van der Waals surface area contributed by atoms with E-state index in [1.807, 2.05) is 24.3 Å². The number of nitrogens with one attached hydrogen (secondary N) is 2. The molecule has 134 valence electrons. The summed E-state index contributed by atoms with van der Waals surface area (Å²) < 4.78 is 0.270. The highest BCUT2D eigenvalue weighted by Crippen LogP contribution is 2.31. The molecule has 1 aromatic carbocycles. The molecule has 1 atom stereocenters. The van der Waals surface area contributed by atoms with Crippen molar-refractivity contribution < 1.29 is 14.8 Å². The van der Waals surface area contributed by atoms with Gasteiger partial charge in [0.25, 0.3) is 11.8 Å². The third-order valence-electron chi connectivity index (χ3n) is 3.92. The van der Waals surface area contributed by atoms with Crippen molar-refractivity contribution in [2.45, 2.75) is 18.1 Å². The molecule has 8 heteroatoms. The summed E-state index contributed by atoms with van der Waals surface area (Å²) in [6, 6.07) is 11.4. The Labute approximate surface area is 163 Å². The van der Waals surface area contributed by atoms with Crippen molar-refractivity contribution in [3.8, 4) is 10.4 Å². The molecule has 0 aliphatic carbocycles. The summed E-state index contributed by atoms with van der Waals surface area (Å²) >= 11 is 6.40. The second kappa shape index (κ2) is 8.84. The van der Waals surface area contributed by atoms with Gasteiger partial charge in [-0.05, 0) is 65.4 Å². The number of rotatable bonds is 7. The van der Waals surface area contributed by atoms with Crippen molar-refractivity contribution >= 4 is 50.8 Å². The summed E-state index contributed by atoms with van der Waals surface area (Å²) in [5, 5.41) is 11.6. The Balaban J connectivity index is 1.94. The van der Waals surface area contributed by atoms with Crippen molar-refractivity contribution in [1.29, 1.82) is 0 Å². The van der Waals surface area contributed by atoms with E-state index in [0.29, 0.717) is 18.5 Å². The Kier molecular flexibility index (Phi) is 7.06. The minimum atomic E-state index is -0.793. The minimum Gasteiger partial charge on any atom is -0.352 e. The highest BCUT2D eigenvalue weighted by molar-refractivity contribution is 9.11. The van der Waals surface area contributed by atoms with Gasteiger partial charge in [0, 0.05) is 17.0 Å². The summed E-state index contributed by atoms with van der Waals surface area (Å²) in [7, 11) is 0. The van der Waals surface area contributed by atoms with Crippen LogP contribution in [0.4, 0.5) is 0 Å². The predicted molar refractivity (Wildman–Crippen MR) is 106 cm³/mol. The third-order valence-corrected chi connectivity index (χ3v) is 6.89. The van der Waals surface area contributed by atoms with E-state index in [4.69, 9.17) is 5.21 Å². The van der Waals surface area contributed by atoms with Crippen LogP contribution < -0.4 is 10.8 Å². The SMILES string of the molecule is CSC(C)(CCNC(=O)c1ccc(-c2ccc(Br)s2)cc1)C(=O)NO. The van der Waals surface area contributed by atoms with Gasteiger partial charge in [-0.1, -0.05) is 12.1 Å². The van der Waals surface area contributed by atoms with Crippen LogP contribution in [0.3, 0.4) is 0 Å². The molecule has 0 fully saturated rings. The van der Waals surface area contributed by atoms with E-state index in [2.05, 4.69) is 21.2 Å². The Bertz CT molecular complexity index is 749. The molecule has 5 nitrogen and oxygen atoms in total. The van der Waals surface area contributed by atoms with Gasteiger partial charge in [0.05, 0.1) is 8.53 Å². The lowest BCUT2D eigenvalue weighted by atomic mass is 10.1. The van der Waals surface area contributed by atoms with Gasteiger partial charge in [-0.25, -0.2) is 5.48 Å². The van der Waals surface area contributed by atoms with Gasteiger partial charge < -0.3 is 5.32 Å². The molecule has 0 aliphatic heterocycles. The predicted octanol–water partition coefficient (Wildman–Crippen LogP) is 3.92. The van der Waals surface area contributed by atoms with Crippen molar-refractivity contribution in [2.24, 2.45) is 0 Å². The molecule has 0 aliphatic rings. The number of thiophene rings is 1. The zero-order valence-electron chi connectivity index (χ0n) is 13.8. The molecule has 1 heterocycles. The Hall–Kier alpha value is -1.35. The van der Waals surface area contributed by atoms with Gasteiger partial charge in [-0.2, -0.15) is 0 Å². The van der Waals surface area contributed by atoms with Crippen LogP contribution in [0.5, 0.6) is 0 Å². The Morgan fingerprint density at radius 2 is 1.92 bits per heavy atom. The molecule has 0 radical (unpaired) electrons. The molecule has 3 N–H and O–H groups in total. The summed E-state index contributed by atoms with van der Waals surface area (Å²) in [5.41, 5.74) is 3.30. The van der Waals surface area contributed by atoms with Crippen LogP contribution in [0, 0.1) is 0 Å². The quantitative estimate of drug-likeness (QED) is 0.448. The highest BCUT2D eigenvalue weighted by atomic mass is 79.9. The van der Waals surface area contributed by atoms with Crippen LogP contribution in [0.25, 0.3) is 10.4 Å². The lowest BCUT2D eigenvalue weighted by Gasteiger charge is -2.24. The Morgan fingerprint density at radius 1 is 1.24 bits per heavy atom. The van der Waals surface area contributed by atoms with Crippen LogP contribution >= 0.6 is 39.0 Å². The first-order valence-corrected chi connectivity index (χ1v) is 10.4. The van der Waals surface area contributed by atoms with E-state index in [1.54, 1.807) is 42.1 Å². The lowest BCUT2D eigenvalue weighted by Crippen LogP contribution is -2.43. The number of carbonyl (C=O) groups excluding carboxylic acids is 2. The van der Waals surface area contributed by atoms with E-state index < -0.39 is 10.7 Å². The average molecular weight is 443 g/mol. The summed E-state index contributed by atoms with van der Waals surface area (Å²) in [6.45, 7) is 2.06. The number of benzene rings is 1. The maximum atomic E-state index is 12.2. The molecule has 0 saturated heterocycles. The second-order valence-electron chi connectivity index (χ2n) is 5.56. The van der Waals surface area contributed by atoms with Crippen LogP contribution in [0.2, 0.25) is 0 Å². The Morgan fingerprint density at radius 3 is 2.44 bits per heavy atom. The molecule has 25 heavy (non-hydrogen) atoms. The van der Waals surface area contributed by atoms with Crippen LogP contribution in [0.1, 0.15) is 23.7 Å². The number of thioether (sulfide) groups is 1. The second-order valence-corrected chi connectivity index (χ2v) is 9.34. The van der Waals surface area contributed by atoms with Gasteiger partial charge in [-0.15, -0.1) is 23.1 Å². The number of halogens is 1. The number of hydrogen-bond donors (Lipinski definition) is 3. The van der Waals surface area contributed by atoms with Gasteiger partial charge in [-0.3, -0.25) is 14.8 Å². The van der Waals surface area contributed by atoms with Crippen LogP contribution in [-0.2, 0) is 4.79 Å². The zero-order valence-corrected chi connectivity index (χ0v) is 17.1. The van der Waals surface area contributed by atoms with Crippen LogP contribution in [0.15, 0.2) is 40.2 Å². The molecule has 2 rings (SSSR count). The van der Waals surface area contributed by atoms with Crippen molar-refractivity contribution in [1.82, 2.24) is 10.8 Å². The molecule has 0 bridgehead atoms. The smallest absolute Gasteiger partial charge is 0.259 e. The van der Waals surface area contributed by atoms with Crippen LogP contribution in [-0.4, -0.2) is 34.6 Å². The van der Waals surface area contributed by atoms with E-state index in [9.17, 15) is 9.59 Å². The fraction of sp³-hybridized carbons (Fsp3) is 0.294. The fourth-order valence-electron chi connectivity index (χ4n) is 2.20. The minimum absolute atomic E-state index is 0.188. The number of amides is 2. The van der Waals surface area contributed by atoms with E-state index >= 15 is 0 Å².